The molecule has 0 aliphatic heterocycles. The van der Waals surface area contributed by atoms with Crippen molar-refractivity contribution in [2.24, 2.45) is 0 Å². The molecule has 0 radical (unpaired) electrons. The Morgan fingerprint density at radius 1 is 1.12 bits per heavy atom. The Kier molecular flexibility index (Phi) is 2.94. The Balaban J connectivity index is 2.73. The minimum atomic E-state index is 0.00350. The van der Waals surface area contributed by atoms with Crippen molar-refractivity contribution in [2.45, 2.75) is 13.8 Å². The molecule has 4 heteroatoms. The lowest BCUT2D eigenvalue weighted by molar-refractivity contribution is 0.924. The van der Waals surface area contributed by atoms with E-state index < -0.39 is 0 Å². The molecule has 0 spiro atoms. The Morgan fingerprint density at radius 2 is 1.71 bits per heavy atom. The van der Waals surface area contributed by atoms with Gasteiger partial charge in [0.1, 0.15) is 0 Å². The van der Waals surface area contributed by atoms with Crippen molar-refractivity contribution in [3.63, 3.8) is 0 Å². The molecule has 0 unspecified atom stereocenters. The first-order valence-corrected chi connectivity index (χ1v) is 5.62. The van der Waals surface area contributed by atoms with Crippen LogP contribution in [0.3, 0.4) is 0 Å². The van der Waals surface area contributed by atoms with Crippen LogP contribution in [0, 0.1) is 13.8 Å². The van der Waals surface area contributed by atoms with E-state index in [1.165, 1.54) is 0 Å². The summed E-state index contributed by atoms with van der Waals surface area (Å²) < 4.78 is 1.94. The topological polar surface area (TPSA) is 48.0 Å². The number of hydrogen-bond donors (Lipinski definition) is 1. The largest absolute Gasteiger partial charge is 0.397 e. The summed E-state index contributed by atoms with van der Waals surface area (Å²) in [6.07, 6.45) is 0. The molecule has 0 aliphatic carbocycles. The number of rotatable bonds is 1. The van der Waals surface area contributed by atoms with Crippen LogP contribution < -0.4 is 11.2 Å². The fourth-order valence-corrected chi connectivity index (χ4v) is 2.15. The van der Waals surface area contributed by atoms with Gasteiger partial charge in [0.05, 0.1) is 11.4 Å². The van der Waals surface area contributed by atoms with Crippen LogP contribution in [0.5, 0.6) is 0 Å². The number of benzene rings is 1. The third-order valence-electron chi connectivity index (χ3n) is 2.64. The predicted octanol–water partition coefficient (Wildman–Crippen LogP) is 2.69. The summed E-state index contributed by atoms with van der Waals surface area (Å²) in [5, 5.41) is 0.600. The predicted molar refractivity (Wildman–Crippen MR) is 70.9 cm³/mol. The zero-order valence-electron chi connectivity index (χ0n) is 9.70. The summed E-state index contributed by atoms with van der Waals surface area (Å²) in [5.74, 6) is 0. The number of anilines is 1. The zero-order valence-corrected chi connectivity index (χ0v) is 10.5. The van der Waals surface area contributed by atoms with Gasteiger partial charge in [-0.25, -0.2) is 0 Å². The highest BCUT2D eigenvalue weighted by molar-refractivity contribution is 6.30. The van der Waals surface area contributed by atoms with Gasteiger partial charge in [-0.3, -0.25) is 4.79 Å². The maximum atomic E-state index is 11.4. The van der Waals surface area contributed by atoms with Gasteiger partial charge >= 0.3 is 0 Å². The zero-order chi connectivity index (χ0) is 12.6. The maximum Gasteiger partial charge on any atom is 0.182 e. The lowest BCUT2D eigenvalue weighted by Crippen LogP contribution is -2.12. The molecule has 0 saturated carbocycles. The Bertz CT molecular complexity index is 606. The number of nitrogen functional groups attached to an aromatic ring is 1. The quantitative estimate of drug-likeness (QED) is 0.789. The summed E-state index contributed by atoms with van der Waals surface area (Å²) in [5.41, 5.74) is 9.08. The molecule has 0 saturated heterocycles. The van der Waals surface area contributed by atoms with Crippen molar-refractivity contribution < 1.29 is 0 Å². The van der Waals surface area contributed by atoms with Crippen LogP contribution in [-0.4, -0.2) is 4.57 Å². The molecule has 2 rings (SSSR count). The second kappa shape index (κ2) is 4.26. The molecule has 0 amide bonds. The van der Waals surface area contributed by atoms with E-state index in [0.717, 1.165) is 17.1 Å². The summed E-state index contributed by atoms with van der Waals surface area (Å²) in [4.78, 5) is 11.4. The van der Waals surface area contributed by atoms with Gasteiger partial charge in [0.15, 0.2) is 5.43 Å². The molecule has 2 aromatic rings. The summed E-state index contributed by atoms with van der Waals surface area (Å²) >= 11 is 5.87. The van der Waals surface area contributed by atoms with Crippen LogP contribution >= 0.6 is 11.6 Å². The first-order valence-electron chi connectivity index (χ1n) is 5.25. The first-order chi connectivity index (χ1) is 7.99. The van der Waals surface area contributed by atoms with Gasteiger partial charge in [0.2, 0.25) is 0 Å². The highest BCUT2D eigenvalue weighted by Gasteiger charge is 2.07. The van der Waals surface area contributed by atoms with Crippen molar-refractivity contribution in [1.29, 1.82) is 0 Å². The normalized spacial score (nSPS) is 10.5. The van der Waals surface area contributed by atoms with Crippen molar-refractivity contribution >= 4 is 17.3 Å². The van der Waals surface area contributed by atoms with Gasteiger partial charge in [-0.1, -0.05) is 11.6 Å². The van der Waals surface area contributed by atoms with Gasteiger partial charge < -0.3 is 10.3 Å². The van der Waals surface area contributed by atoms with Crippen LogP contribution in [0.4, 0.5) is 5.69 Å². The van der Waals surface area contributed by atoms with Gasteiger partial charge in [-0.15, -0.1) is 0 Å². The molecule has 3 nitrogen and oxygen atoms in total. The van der Waals surface area contributed by atoms with Crippen molar-refractivity contribution in [3.05, 3.63) is 57.0 Å². The van der Waals surface area contributed by atoms with E-state index in [4.69, 9.17) is 17.3 Å². The van der Waals surface area contributed by atoms with Crippen LogP contribution in [0.2, 0.25) is 5.02 Å². The smallest absolute Gasteiger partial charge is 0.182 e. The monoisotopic (exact) mass is 248 g/mol. The summed E-state index contributed by atoms with van der Waals surface area (Å²) in [7, 11) is 0. The summed E-state index contributed by atoms with van der Waals surface area (Å²) in [6, 6.07) is 8.50. The fourth-order valence-electron chi connectivity index (χ4n) is 1.97. The van der Waals surface area contributed by atoms with Crippen LogP contribution in [0.1, 0.15) is 11.4 Å². The second-order valence-electron chi connectivity index (χ2n) is 4.01. The van der Waals surface area contributed by atoms with Gasteiger partial charge in [-0.05, 0) is 32.0 Å². The minimum absolute atomic E-state index is 0.00350. The van der Waals surface area contributed by atoms with Gasteiger partial charge in [0, 0.05) is 28.5 Å². The second-order valence-corrected chi connectivity index (χ2v) is 4.45. The molecule has 17 heavy (non-hydrogen) atoms. The average Bonchev–Trinajstić information content (AvgIpc) is 2.19. The highest BCUT2D eigenvalue weighted by atomic mass is 35.5. The molecule has 0 aliphatic rings. The van der Waals surface area contributed by atoms with E-state index in [-0.39, 0.29) is 5.43 Å². The number of pyridine rings is 1. The summed E-state index contributed by atoms with van der Waals surface area (Å²) in [6.45, 7) is 3.75. The Hall–Kier alpha value is -1.74. The van der Waals surface area contributed by atoms with E-state index in [1.54, 1.807) is 24.3 Å². The molecule has 0 atom stereocenters. The van der Waals surface area contributed by atoms with E-state index in [0.29, 0.717) is 10.7 Å². The van der Waals surface area contributed by atoms with Crippen LogP contribution in [0.25, 0.3) is 5.69 Å². The third kappa shape index (κ3) is 2.19. The van der Waals surface area contributed by atoms with Crippen LogP contribution in [0.15, 0.2) is 35.1 Å². The highest BCUT2D eigenvalue weighted by Crippen LogP contribution is 2.23. The number of aryl methyl sites for hydroxylation is 2. The lowest BCUT2D eigenvalue weighted by Gasteiger charge is -2.16. The molecule has 88 valence electrons. The third-order valence-corrected chi connectivity index (χ3v) is 2.87. The lowest BCUT2D eigenvalue weighted by atomic mass is 10.2. The number of aromatic nitrogens is 1. The van der Waals surface area contributed by atoms with E-state index in [2.05, 4.69) is 0 Å². The molecular formula is C13H13ClN2O. The van der Waals surface area contributed by atoms with Crippen molar-refractivity contribution in [1.82, 2.24) is 4.57 Å². The molecule has 2 N–H and O–H groups in total. The maximum absolute atomic E-state index is 11.4. The average molecular weight is 249 g/mol. The van der Waals surface area contributed by atoms with Crippen molar-refractivity contribution in [3.8, 4) is 5.69 Å². The van der Waals surface area contributed by atoms with E-state index in [9.17, 15) is 4.79 Å². The molecule has 1 aromatic heterocycles. The molecule has 0 bridgehead atoms. The van der Waals surface area contributed by atoms with Gasteiger partial charge in [0.25, 0.3) is 0 Å². The molecule has 1 heterocycles. The van der Waals surface area contributed by atoms with E-state index >= 15 is 0 Å². The van der Waals surface area contributed by atoms with Crippen LogP contribution in [-0.2, 0) is 0 Å². The number of hydrogen-bond acceptors (Lipinski definition) is 2. The van der Waals surface area contributed by atoms with Gasteiger partial charge in [-0.2, -0.15) is 0 Å². The number of halogens is 1. The minimum Gasteiger partial charge on any atom is -0.397 e. The molecule has 1 aromatic carbocycles. The standard InChI is InChI=1S/C13H13ClN2O/c1-8-5-11(17)6-9(2)16(8)13-4-3-10(14)7-12(13)15/h3-7H,15H2,1-2H3. The fraction of sp³-hybridized carbons (Fsp3) is 0.154. The number of nitrogens with zero attached hydrogens (tertiary/aromatic N) is 1. The molecular weight excluding hydrogens is 236 g/mol. The van der Waals surface area contributed by atoms with Crippen molar-refractivity contribution in [2.75, 3.05) is 5.73 Å². The van der Waals surface area contributed by atoms with E-state index in [1.807, 2.05) is 24.5 Å². The number of nitrogens with two attached hydrogens (primary N) is 1. The first kappa shape index (κ1) is 11.7. The Labute approximate surface area is 104 Å². The SMILES string of the molecule is Cc1cc(=O)cc(C)n1-c1ccc(Cl)cc1N. The molecule has 0 fully saturated rings. The Morgan fingerprint density at radius 3 is 2.24 bits per heavy atom.